The van der Waals surface area contributed by atoms with Gasteiger partial charge in [0.25, 0.3) is 0 Å². The van der Waals surface area contributed by atoms with Crippen molar-refractivity contribution >= 4 is 11.8 Å². The van der Waals surface area contributed by atoms with Gasteiger partial charge in [0.05, 0.1) is 19.1 Å². The molecular formula is C13H23N3O3. The molecule has 0 aromatic rings. The average Bonchev–Trinajstić information content (AvgIpc) is 2.48. The first-order chi connectivity index (χ1) is 9.18. The van der Waals surface area contributed by atoms with Gasteiger partial charge in [0.1, 0.15) is 6.04 Å². The molecule has 1 unspecified atom stereocenters. The maximum Gasteiger partial charge on any atom is 0.245 e. The summed E-state index contributed by atoms with van der Waals surface area (Å²) < 4.78 is 5.22. The summed E-state index contributed by atoms with van der Waals surface area (Å²) in [5, 5.41) is 6.04. The Morgan fingerprint density at radius 3 is 2.74 bits per heavy atom. The van der Waals surface area contributed by atoms with Gasteiger partial charge >= 0.3 is 0 Å². The molecule has 2 fully saturated rings. The van der Waals surface area contributed by atoms with Crippen LogP contribution >= 0.6 is 0 Å². The van der Waals surface area contributed by atoms with Gasteiger partial charge in [-0.05, 0) is 26.3 Å². The quantitative estimate of drug-likeness (QED) is 0.714. The first-order valence-electron chi connectivity index (χ1n) is 7.06. The number of nitrogens with one attached hydrogen (secondary N) is 2. The zero-order valence-electron chi connectivity index (χ0n) is 11.5. The summed E-state index contributed by atoms with van der Waals surface area (Å²) in [6.07, 6.45) is 1.92. The van der Waals surface area contributed by atoms with E-state index in [-0.39, 0.29) is 17.7 Å². The minimum atomic E-state index is -0.451. The van der Waals surface area contributed by atoms with Gasteiger partial charge < -0.3 is 20.3 Å². The number of carbonyl (C=O) groups excluding carboxylic acids is 2. The van der Waals surface area contributed by atoms with E-state index < -0.39 is 6.04 Å². The molecule has 6 nitrogen and oxygen atoms in total. The van der Waals surface area contributed by atoms with Gasteiger partial charge in [0.15, 0.2) is 0 Å². The Morgan fingerprint density at radius 1 is 1.37 bits per heavy atom. The van der Waals surface area contributed by atoms with Gasteiger partial charge in [-0.15, -0.1) is 0 Å². The molecule has 2 aliphatic heterocycles. The molecule has 2 aliphatic rings. The Morgan fingerprint density at radius 2 is 2.11 bits per heavy atom. The number of carbonyl (C=O) groups is 2. The fourth-order valence-corrected chi connectivity index (χ4v) is 2.53. The molecule has 0 aromatic heterocycles. The summed E-state index contributed by atoms with van der Waals surface area (Å²) in [7, 11) is 0. The van der Waals surface area contributed by atoms with Crippen molar-refractivity contribution in [2.75, 3.05) is 39.4 Å². The maximum absolute atomic E-state index is 12.2. The van der Waals surface area contributed by atoms with Crippen LogP contribution in [-0.2, 0) is 14.3 Å². The minimum Gasteiger partial charge on any atom is -0.378 e. The molecule has 108 valence electrons. The molecule has 0 bridgehead atoms. The minimum absolute atomic E-state index is 0.00584. The molecule has 2 atom stereocenters. The zero-order valence-corrected chi connectivity index (χ0v) is 11.5. The topological polar surface area (TPSA) is 70.7 Å². The Kier molecular flexibility index (Phi) is 5.15. The fourth-order valence-electron chi connectivity index (χ4n) is 2.53. The SMILES string of the molecule is CC(NC(=O)[C@@H]1CCCNC1)C(=O)N1CCOCC1. The second-order valence-corrected chi connectivity index (χ2v) is 5.21. The molecule has 0 aliphatic carbocycles. The summed E-state index contributed by atoms with van der Waals surface area (Å²) in [5.41, 5.74) is 0. The van der Waals surface area contributed by atoms with E-state index in [0.29, 0.717) is 32.8 Å². The third-order valence-electron chi connectivity index (χ3n) is 3.72. The van der Waals surface area contributed by atoms with E-state index in [0.717, 1.165) is 19.4 Å². The molecule has 2 heterocycles. The van der Waals surface area contributed by atoms with Crippen molar-refractivity contribution in [1.82, 2.24) is 15.5 Å². The second-order valence-electron chi connectivity index (χ2n) is 5.21. The van der Waals surface area contributed by atoms with Crippen LogP contribution in [0.25, 0.3) is 0 Å². The second kappa shape index (κ2) is 6.86. The van der Waals surface area contributed by atoms with E-state index in [9.17, 15) is 9.59 Å². The predicted molar refractivity (Wildman–Crippen MR) is 70.6 cm³/mol. The van der Waals surface area contributed by atoms with E-state index in [1.807, 2.05) is 0 Å². The van der Waals surface area contributed by atoms with Crippen molar-refractivity contribution in [3.63, 3.8) is 0 Å². The van der Waals surface area contributed by atoms with Crippen LogP contribution in [0.3, 0.4) is 0 Å². The monoisotopic (exact) mass is 269 g/mol. The summed E-state index contributed by atoms with van der Waals surface area (Å²) >= 11 is 0. The van der Waals surface area contributed by atoms with Gasteiger partial charge in [-0.1, -0.05) is 0 Å². The Bertz CT molecular complexity index is 323. The first-order valence-corrected chi connectivity index (χ1v) is 7.06. The van der Waals surface area contributed by atoms with Crippen molar-refractivity contribution in [3.05, 3.63) is 0 Å². The molecule has 0 aromatic carbocycles. The summed E-state index contributed by atoms with van der Waals surface area (Å²) in [4.78, 5) is 26.0. The van der Waals surface area contributed by atoms with Gasteiger partial charge in [0, 0.05) is 19.6 Å². The largest absolute Gasteiger partial charge is 0.378 e. The average molecular weight is 269 g/mol. The molecule has 6 heteroatoms. The van der Waals surface area contributed by atoms with Crippen LogP contribution in [0.5, 0.6) is 0 Å². The smallest absolute Gasteiger partial charge is 0.245 e. The number of morpholine rings is 1. The summed E-state index contributed by atoms with van der Waals surface area (Å²) in [6, 6.07) is -0.451. The van der Waals surface area contributed by atoms with Gasteiger partial charge in [-0.3, -0.25) is 9.59 Å². The van der Waals surface area contributed by atoms with Crippen molar-refractivity contribution in [2.45, 2.75) is 25.8 Å². The van der Waals surface area contributed by atoms with E-state index in [2.05, 4.69) is 10.6 Å². The summed E-state index contributed by atoms with van der Waals surface area (Å²) in [5.74, 6) is -0.0320. The van der Waals surface area contributed by atoms with Crippen molar-refractivity contribution in [3.8, 4) is 0 Å². The van der Waals surface area contributed by atoms with Crippen LogP contribution in [0.2, 0.25) is 0 Å². The molecule has 0 radical (unpaired) electrons. The van der Waals surface area contributed by atoms with Gasteiger partial charge in [0.2, 0.25) is 11.8 Å². The van der Waals surface area contributed by atoms with Crippen LogP contribution < -0.4 is 10.6 Å². The Labute approximate surface area is 113 Å². The highest BCUT2D eigenvalue weighted by atomic mass is 16.5. The van der Waals surface area contributed by atoms with Gasteiger partial charge in [-0.2, -0.15) is 0 Å². The van der Waals surface area contributed by atoms with E-state index in [1.165, 1.54) is 0 Å². The lowest BCUT2D eigenvalue weighted by molar-refractivity contribution is -0.140. The number of amides is 2. The molecule has 2 rings (SSSR count). The standard InChI is InChI=1S/C13H23N3O3/c1-10(13(18)16-5-7-19-8-6-16)15-12(17)11-3-2-4-14-9-11/h10-11,14H,2-9H2,1H3,(H,15,17)/t10?,11-/m1/s1. The molecular weight excluding hydrogens is 246 g/mol. The van der Waals surface area contributed by atoms with Crippen LogP contribution in [-0.4, -0.2) is 62.1 Å². The normalized spacial score (nSPS) is 25.7. The highest BCUT2D eigenvalue weighted by Gasteiger charge is 2.27. The van der Waals surface area contributed by atoms with Crippen LogP contribution in [0.1, 0.15) is 19.8 Å². The van der Waals surface area contributed by atoms with Crippen molar-refractivity contribution in [1.29, 1.82) is 0 Å². The lowest BCUT2D eigenvalue weighted by Gasteiger charge is -2.30. The molecule has 2 amide bonds. The van der Waals surface area contributed by atoms with Crippen LogP contribution in [0.15, 0.2) is 0 Å². The first kappa shape index (κ1) is 14.3. The number of piperidine rings is 1. The predicted octanol–water partition coefficient (Wildman–Crippen LogP) is -0.650. The lowest BCUT2D eigenvalue weighted by atomic mass is 9.98. The van der Waals surface area contributed by atoms with E-state index in [4.69, 9.17) is 4.74 Å². The van der Waals surface area contributed by atoms with Crippen LogP contribution in [0.4, 0.5) is 0 Å². The maximum atomic E-state index is 12.2. The number of hydrogen-bond donors (Lipinski definition) is 2. The number of rotatable bonds is 3. The Balaban J connectivity index is 1.80. The highest BCUT2D eigenvalue weighted by Crippen LogP contribution is 2.10. The zero-order chi connectivity index (χ0) is 13.7. The molecule has 2 saturated heterocycles. The molecule has 2 N–H and O–H groups in total. The number of ether oxygens (including phenoxy) is 1. The van der Waals surface area contributed by atoms with Crippen molar-refractivity contribution in [2.24, 2.45) is 5.92 Å². The van der Waals surface area contributed by atoms with E-state index in [1.54, 1.807) is 11.8 Å². The van der Waals surface area contributed by atoms with Gasteiger partial charge in [-0.25, -0.2) is 0 Å². The third-order valence-corrected chi connectivity index (χ3v) is 3.72. The van der Waals surface area contributed by atoms with E-state index >= 15 is 0 Å². The molecule has 19 heavy (non-hydrogen) atoms. The third kappa shape index (κ3) is 3.91. The Hall–Kier alpha value is -1.14. The highest BCUT2D eigenvalue weighted by molar-refractivity contribution is 5.88. The summed E-state index contributed by atoms with van der Waals surface area (Å²) in [6.45, 7) is 5.84. The van der Waals surface area contributed by atoms with Crippen molar-refractivity contribution < 1.29 is 14.3 Å². The number of nitrogens with zero attached hydrogens (tertiary/aromatic N) is 1. The number of hydrogen-bond acceptors (Lipinski definition) is 4. The molecule has 0 spiro atoms. The fraction of sp³-hybridized carbons (Fsp3) is 0.846. The lowest BCUT2D eigenvalue weighted by Crippen LogP contribution is -2.52. The molecule has 0 saturated carbocycles. The van der Waals surface area contributed by atoms with Crippen LogP contribution in [0, 0.1) is 5.92 Å².